The first kappa shape index (κ1) is 15.9. The Balaban J connectivity index is 0.00000256. The molecule has 0 aromatic heterocycles. The molecule has 2 heteroatoms. The minimum Gasteiger partial charge on any atom is -1.00 e. The van der Waals surface area contributed by atoms with Crippen molar-refractivity contribution in [2.45, 2.75) is 0 Å². The topological polar surface area (TPSA) is 0 Å². The van der Waals surface area contributed by atoms with Crippen LogP contribution in [0, 0.1) is 0 Å². The zero-order chi connectivity index (χ0) is 11.9. The fourth-order valence-electron chi connectivity index (χ4n) is 2.03. The van der Waals surface area contributed by atoms with Crippen LogP contribution >= 0.6 is 0 Å². The first-order chi connectivity index (χ1) is 7.79. The van der Waals surface area contributed by atoms with Gasteiger partial charge in [0, 0.05) is 0 Å². The van der Waals surface area contributed by atoms with Crippen LogP contribution in [0.2, 0.25) is 0 Å². The lowest BCUT2D eigenvalue weighted by Crippen LogP contribution is -3.00. The molecule has 92 valence electrons. The largest absolute Gasteiger partial charge is 1.00 e. The summed E-state index contributed by atoms with van der Waals surface area (Å²) < 4.78 is 0.817. The number of hydrogen-bond donors (Lipinski definition) is 0. The minimum absolute atomic E-state index is 0. The average molecular weight is 294 g/mol. The monoisotopic (exact) mass is 293 g/mol. The lowest BCUT2D eigenvalue weighted by molar-refractivity contribution is -0.00000332. The van der Waals surface area contributed by atoms with Gasteiger partial charge in [-0.3, -0.25) is 4.48 Å². The van der Waals surface area contributed by atoms with Crippen LogP contribution in [0.3, 0.4) is 0 Å². The van der Waals surface area contributed by atoms with Crippen LogP contribution in [0.5, 0.6) is 0 Å². The molecule has 0 aliphatic heterocycles. The Kier molecular flexibility index (Phi) is 7.51. The lowest BCUT2D eigenvalue weighted by atomic mass is 10.2. The van der Waals surface area contributed by atoms with Crippen molar-refractivity contribution in [3.8, 4) is 0 Å². The van der Waals surface area contributed by atoms with Crippen molar-refractivity contribution in [2.24, 2.45) is 0 Å². The number of benzene rings is 1. The SMILES string of the molecule is C=CC[N+](CC=C)(CC=C)c1ccccc1.[Br-]. The molecular weight excluding hydrogens is 274 g/mol. The lowest BCUT2D eigenvalue weighted by Gasteiger charge is -2.35. The summed E-state index contributed by atoms with van der Waals surface area (Å²) in [6, 6.07) is 10.5. The van der Waals surface area contributed by atoms with Gasteiger partial charge in [0.2, 0.25) is 0 Å². The van der Waals surface area contributed by atoms with Gasteiger partial charge in [-0.15, -0.1) is 0 Å². The van der Waals surface area contributed by atoms with Crippen LogP contribution in [-0.4, -0.2) is 19.6 Å². The fraction of sp³-hybridized carbons (Fsp3) is 0.200. The molecule has 0 saturated heterocycles. The highest BCUT2D eigenvalue weighted by molar-refractivity contribution is 5.44. The molecule has 1 aromatic rings. The summed E-state index contributed by atoms with van der Waals surface area (Å²) in [5, 5.41) is 0. The third kappa shape index (κ3) is 3.99. The van der Waals surface area contributed by atoms with E-state index in [9.17, 15) is 0 Å². The van der Waals surface area contributed by atoms with E-state index in [1.165, 1.54) is 5.69 Å². The van der Waals surface area contributed by atoms with E-state index < -0.39 is 0 Å². The standard InChI is InChI=1S/C15H20N.BrH/c1-4-12-16(13-5-2,14-6-3)15-10-8-7-9-11-15;/h4-11H,1-3,12-14H2;1H/q+1;/p-1. The molecule has 17 heavy (non-hydrogen) atoms. The van der Waals surface area contributed by atoms with E-state index in [4.69, 9.17) is 0 Å². The average Bonchev–Trinajstić information content (AvgIpc) is 2.31. The number of para-hydroxylation sites is 1. The molecule has 1 aromatic carbocycles. The van der Waals surface area contributed by atoms with Gasteiger partial charge in [-0.1, -0.05) is 37.9 Å². The third-order valence-corrected chi connectivity index (χ3v) is 2.74. The Labute approximate surface area is 115 Å². The summed E-state index contributed by atoms with van der Waals surface area (Å²) >= 11 is 0. The Morgan fingerprint density at radius 2 is 1.24 bits per heavy atom. The summed E-state index contributed by atoms with van der Waals surface area (Å²) in [4.78, 5) is 0. The molecule has 0 amide bonds. The van der Waals surface area contributed by atoms with E-state index in [1.807, 2.05) is 24.3 Å². The molecule has 0 radical (unpaired) electrons. The Bertz CT molecular complexity index is 330. The van der Waals surface area contributed by atoms with Crippen LogP contribution in [0.25, 0.3) is 0 Å². The molecule has 0 atom stereocenters. The molecule has 1 rings (SSSR count). The van der Waals surface area contributed by atoms with Crippen LogP contribution in [0.1, 0.15) is 0 Å². The molecule has 0 aliphatic rings. The highest BCUT2D eigenvalue weighted by Gasteiger charge is 2.25. The maximum absolute atomic E-state index is 3.85. The molecular formula is C15H20BrN. The minimum atomic E-state index is 0. The summed E-state index contributed by atoms with van der Waals surface area (Å²) in [7, 11) is 0. The number of rotatable bonds is 7. The second kappa shape index (κ2) is 8.04. The van der Waals surface area contributed by atoms with E-state index in [-0.39, 0.29) is 17.0 Å². The summed E-state index contributed by atoms with van der Waals surface area (Å²) in [5.74, 6) is 0. The molecule has 0 unspecified atom stereocenters. The molecule has 0 heterocycles. The van der Waals surface area contributed by atoms with Crippen molar-refractivity contribution in [2.75, 3.05) is 19.6 Å². The normalized spacial score (nSPS) is 10.1. The van der Waals surface area contributed by atoms with Crippen molar-refractivity contribution < 1.29 is 17.0 Å². The molecule has 0 spiro atoms. The van der Waals surface area contributed by atoms with Gasteiger partial charge in [0.25, 0.3) is 0 Å². The summed E-state index contributed by atoms with van der Waals surface area (Å²) in [6.45, 7) is 14.2. The predicted molar refractivity (Wildman–Crippen MR) is 73.4 cm³/mol. The van der Waals surface area contributed by atoms with E-state index in [0.717, 1.165) is 24.1 Å². The molecule has 0 bridgehead atoms. The van der Waals surface area contributed by atoms with Crippen molar-refractivity contribution in [3.05, 3.63) is 68.3 Å². The molecule has 0 aliphatic carbocycles. The highest BCUT2D eigenvalue weighted by atomic mass is 79.9. The van der Waals surface area contributed by atoms with Crippen LogP contribution in [-0.2, 0) is 0 Å². The Morgan fingerprint density at radius 1 is 0.824 bits per heavy atom. The molecule has 0 saturated carbocycles. The van der Waals surface area contributed by atoms with Gasteiger partial charge in [0.1, 0.15) is 25.3 Å². The molecule has 1 nitrogen and oxygen atoms in total. The first-order valence-electron chi connectivity index (χ1n) is 5.53. The third-order valence-electron chi connectivity index (χ3n) is 2.74. The zero-order valence-electron chi connectivity index (χ0n) is 10.2. The van der Waals surface area contributed by atoms with Gasteiger partial charge >= 0.3 is 0 Å². The predicted octanol–water partition coefficient (Wildman–Crippen LogP) is 0.556. The smallest absolute Gasteiger partial charge is 0.133 e. The second-order valence-corrected chi connectivity index (χ2v) is 3.89. The van der Waals surface area contributed by atoms with Crippen molar-refractivity contribution in [1.29, 1.82) is 0 Å². The number of hydrogen-bond acceptors (Lipinski definition) is 0. The Hall–Kier alpha value is -1.12. The molecule has 0 fully saturated rings. The van der Waals surface area contributed by atoms with E-state index in [0.29, 0.717) is 0 Å². The first-order valence-corrected chi connectivity index (χ1v) is 5.53. The van der Waals surface area contributed by atoms with E-state index >= 15 is 0 Å². The van der Waals surface area contributed by atoms with Crippen LogP contribution < -0.4 is 21.5 Å². The van der Waals surface area contributed by atoms with Gasteiger partial charge in [-0.25, -0.2) is 0 Å². The second-order valence-electron chi connectivity index (χ2n) is 3.89. The van der Waals surface area contributed by atoms with E-state index in [1.54, 1.807) is 0 Å². The zero-order valence-corrected chi connectivity index (χ0v) is 11.8. The number of quaternary nitrogens is 1. The van der Waals surface area contributed by atoms with Gasteiger partial charge in [-0.05, 0) is 30.4 Å². The van der Waals surface area contributed by atoms with Crippen LogP contribution in [0.15, 0.2) is 68.3 Å². The van der Waals surface area contributed by atoms with Gasteiger partial charge in [0.15, 0.2) is 0 Å². The maximum atomic E-state index is 3.85. The Morgan fingerprint density at radius 3 is 1.59 bits per heavy atom. The van der Waals surface area contributed by atoms with E-state index in [2.05, 4.69) is 44.0 Å². The highest BCUT2D eigenvalue weighted by Crippen LogP contribution is 2.22. The summed E-state index contributed by atoms with van der Waals surface area (Å²) in [5.41, 5.74) is 1.28. The van der Waals surface area contributed by atoms with Crippen molar-refractivity contribution in [1.82, 2.24) is 4.48 Å². The molecule has 0 N–H and O–H groups in total. The van der Waals surface area contributed by atoms with Gasteiger partial charge in [-0.2, -0.15) is 0 Å². The number of nitrogens with zero attached hydrogens (tertiary/aromatic N) is 1. The number of halogens is 1. The van der Waals surface area contributed by atoms with Gasteiger partial charge in [0.05, 0.1) is 0 Å². The van der Waals surface area contributed by atoms with Gasteiger partial charge < -0.3 is 17.0 Å². The van der Waals surface area contributed by atoms with Crippen molar-refractivity contribution in [3.63, 3.8) is 0 Å². The fourth-order valence-corrected chi connectivity index (χ4v) is 2.03. The quantitative estimate of drug-likeness (QED) is 0.509. The van der Waals surface area contributed by atoms with Crippen molar-refractivity contribution >= 4 is 5.69 Å². The van der Waals surface area contributed by atoms with Crippen LogP contribution in [0.4, 0.5) is 5.69 Å². The summed E-state index contributed by atoms with van der Waals surface area (Å²) in [6.07, 6.45) is 5.88. The maximum Gasteiger partial charge on any atom is 0.133 e.